The van der Waals surface area contributed by atoms with Gasteiger partial charge >= 0.3 is 19.3 Å². The smallest absolute Gasteiger partial charge is 0.473 e. The fourth-order valence-electron chi connectivity index (χ4n) is 0.122. The molecule has 8 heteroatoms. The molecule has 0 saturated heterocycles. The van der Waals surface area contributed by atoms with E-state index in [9.17, 15) is 9.59 Å². The van der Waals surface area contributed by atoms with Crippen molar-refractivity contribution in [2.24, 2.45) is 0 Å². The first-order chi connectivity index (χ1) is 4.54. The van der Waals surface area contributed by atoms with Crippen LogP contribution in [0.25, 0.3) is 0 Å². The molecular formula is C2H3BO7. The zero-order chi connectivity index (χ0) is 8.15. The molecule has 0 radical (unpaired) electrons. The Morgan fingerprint density at radius 1 is 1.30 bits per heavy atom. The predicted octanol–water partition coefficient (Wildman–Crippen LogP) is -2.48. The van der Waals surface area contributed by atoms with Crippen molar-refractivity contribution in [1.82, 2.24) is 0 Å². The molecule has 7 nitrogen and oxygen atoms in total. The Kier molecular flexibility index (Phi) is 3.40. The highest BCUT2D eigenvalue weighted by Gasteiger charge is 2.19. The van der Waals surface area contributed by atoms with E-state index in [1.165, 1.54) is 0 Å². The summed E-state index contributed by atoms with van der Waals surface area (Å²) < 4.78 is 0. The molecule has 0 aliphatic carbocycles. The van der Waals surface area contributed by atoms with E-state index in [0.717, 1.165) is 0 Å². The van der Waals surface area contributed by atoms with Crippen molar-refractivity contribution >= 4 is 19.3 Å². The van der Waals surface area contributed by atoms with Gasteiger partial charge in [0.05, 0.1) is 0 Å². The van der Waals surface area contributed by atoms with Crippen LogP contribution in [0.15, 0.2) is 0 Å². The molecule has 56 valence electrons. The van der Waals surface area contributed by atoms with Gasteiger partial charge in [-0.25, -0.2) is 9.59 Å². The Morgan fingerprint density at radius 2 is 1.80 bits per heavy atom. The van der Waals surface area contributed by atoms with Crippen molar-refractivity contribution in [2.45, 2.75) is 0 Å². The summed E-state index contributed by atoms with van der Waals surface area (Å²) in [5, 5.41) is 23.5. The highest BCUT2D eigenvalue weighted by atomic mass is 17.2. The Balaban J connectivity index is 3.50. The molecule has 0 aromatic carbocycles. The molecule has 0 fully saturated rings. The van der Waals surface area contributed by atoms with Gasteiger partial charge in [0, 0.05) is 0 Å². The normalized spacial score (nSPS) is 8.60. The lowest BCUT2D eigenvalue weighted by molar-refractivity contribution is -0.231. The van der Waals surface area contributed by atoms with E-state index in [1.807, 2.05) is 0 Å². The molecule has 0 aromatic heterocycles. The van der Waals surface area contributed by atoms with Crippen LogP contribution in [0.2, 0.25) is 0 Å². The van der Waals surface area contributed by atoms with Gasteiger partial charge in [-0.05, 0) is 0 Å². The van der Waals surface area contributed by atoms with Crippen molar-refractivity contribution in [3.05, 3.63) is 0 Å². The lowest BCUT2D eigenvalue weighted by Crippen LogP contribution is -2.24. The van der Waals surface area contributed by atoms with E-state index < -0.39 is 19.3 Å². The number of aliphatic carboxylic acids is 1. The quantitative estimate of drug-likeness (QED) is 0.173. The van der Waals surface area contributed by atoms with Gasteiger partial charge in [0.15, 0.2) is 0 Å². The highest BCUT2D eigenvalue weighted by molar-refractivity contribution is 6.33. The zero-order valence-corrected chi connectivity index (χ0v) is 4.55. The average molecular weight is 150 g/mol. The second-order valence-electron chi connectivity index (χ2n) is 1.10. The molecule has 0 atom stereocenters. The lowest BCUT2D eigenvalue weighted by Gasteiger charge is -1.96. The molecule has 10 heavy (non-hydrogen) atoms. The Morgan fingerprint density at radius 3 is 2.10 bits per heavy atom. The molecule has 0 aliphatic heterocycles. The summed E-state index contributed by atoms with van der Waals surface area (Å²) in [6, 6.07) is 0. The third-order valence-corrected chi connectivity index (χ3v) is 0.384. The topological polar surface area (TPSA) is 113 Å². The van der Waals surface area contributed by atoms with Crippen LogP contribution in [0, 0.1) is 0 Å². The number of hydrogen-bond donors (Lipinski definition) is 3. The monoisotopic (exact) mass is 150 g/mol. The van der Waals surface area contributed by atoms with Crippen LogP contribution in [-0.2, 0) is 19.3 Å². The Labute approximate surface area is 54.9 Å². The molecule has 0 heterocycles. The molecular weight excluding hydrogens is 147 g/mol. The number of hydrogen-bond acceptors (Lipinski definition) is 6. The van der Waals surface area contributed by atoms with Gasteiger partial charge in [0.2, 0.25) is 0 Å². The van der Waals surface area contributed by atoms with E-state index in [1.54, 1.807) is 0 Å². The molecule has 0 saturated carbocycles. The Bertz CT molecular complexity index is 141. The van der Waals surface area contributed by atoms with Crippen LogP contribution in [0.3, 0.4) is 0 Å². The molecule has 0 amide bonds. The van der Waals surface area contributed by atoms with E-state index in [4.69, 9.17) is 15.2 Å². The van der Waals surface area contributed by atoms with E-state index in [2.05, 4.69) is 9.69 Å². The van der Waals surface area contributed by atoms with Gasteiger partial charge in [-0.1, -0.05) is 0 Å². The standard InChI is InChI=1S/C2H3BO7/c4-1(5)2(6)9-10-3(7)8/h7-8H,(H,4,5). The van der Waals surface area contributed by atoms with Crippen LogP contribution < -0.4 is 0 Å². The fraction of sp³-hybridized carbons (Fsp3) is 0. The number of carboxylic acid groups (broad SMARTS) is 1. The lowest BCUT2D eigenvalue weighted by atomic mass is 10.3. The summed E-state index contributed by atoms with van der Waals surface area (Å²) in [4.78, 5) is 26.1. The van der Waals surface area contributed by atoms with Crippen LogP contribution >= 0.6 is 0 Å². The maximum Gasteiger partial charge on any atom is 0.673 e. The summed E-state index contributed by atoms with van der Waals surface area (Å²) in [6.07, 6.45) is 0. The van der Waals surface area contributed by atoms with Gasteiger partial charge in [0.25, 0.3) is 0 Å². The Hall–Kier alpha value is -1.12. The molecule has 0 aromatic rings. The molecule has 0 rings (SSSR count). The highest BCUT2D eigenvalue weighted by Crippen LogP contribution is 1.81. The van der Waals surface area contributed by atoms with Crippen molar-refractivity contribution in [1.29, 1.82) is 0 Å². The molecule has 0 spiro atoms. The predicted molar refractivity (Wildman–Crippen MR) is 25.0 cm³/mol. The third-order valence-electron chi connectivity index (χ3n) is 0.384. The number of carbonyl (C=O) groups is 2. The van der Waals surface area contributed by atoms with Gasteiger partial charge in [-0.2, -0.15) is 4.81 Å². The van der Waals surface area contributed by atoms with Gasteiger partial charge in [-0.15, -0.1) is 0 Å². The van der Waals surface area contributed by atoms with Gasteiger partial charge < -0.3 is 15.2 Å². The number of rotatable bonds is 2. The third kappa shape index (κ3) is 3.84. The summed E-state index contributed by atoms with van der Waals surface area (Å²) in [5.41, 5.74) is 0. The summed E-state index contributed by atoms with van der Waals surface area (Å²) in [7, 11) is -2.33. The zero-order valence-electron chi connectivity index (χ0n) is 4.55. The first-order valence-corrected chi connectivity index (χ1v) is 2.00. The van der Waals surface area contributed by atoms with Crippen LogP contribution in [0.5, 0.6) is 0 Å². The molecule has 3 N–H and O–H groups in total. The fourth-order valence-corrected chi connectivity index (χ4v) is 0.122. The van der Waals surface area contributed by atoms with Crippen LogP contribution in [0.4, 0.5) is 0 Å². The van der Waals surface area contributed by atoms with E-state index in [0.29, 0.717) is 0 Å². The molecule has 0 aliphatic rings. The van der Waals surface area contributed by atoms with Crippen molar-refractivity contribution in [3.8, 4) is 0 Å². The first-order valence-electron chi connectivity index (χ1n) is 2.00. The number of carboxylic acids is 1. The van der Waals surface area contributed by atoms with Gasteiger partial charge in [0.1, 0.15) is 0 Å². The maximum absolute atomic E-state index is 9.88. The van der Waals surface area contributed by atoms with Crippen LogP contribution in [0.1, 0.15) is 0 Å². The first kappa shape index (κ1) is 8.88. The van der Waals surface area contributed by atoms with Crippen LogP contribution in [-0.4, -0.2) is 34.4 Å². The largest absolute Gasteiger partial charge is 0.673 e. The average Bonchev–Trinajstić information content (AvgIpc) is 1.82. The molecule has 0 unspecified atom stereocenters. The summed E-state index contributed by atoms with van der Waals surface area (Å²) >= 11 is 0. The summed E-state index contributed by atoms with van der Waals surface area (Å²) in [5.74, 6) is -3.62. The van der Waals surface area contributed by atoms with Crippen molar-refractivity contribution in [3.63, 3.8) is 0 Å². The minimum atomic E-state index is -2.33. The second-order valence-corrected chi connectivity index (χ2v) is 1.10. The summed E-state index contributed by atoms with van der Waals surface area (Å²) in [6.45, 7) is 0. The van der Waals surface area contributed by atoms with Crippen molar-refractivity contribution in [2.75, 3.05) is 0 Å². The minimum Gasteiger partial charge on any atom is -0.473 e. The van der Waals surface area contributed by atoms with E-state index in [-0.39, 0.29) is 0 Å². The maximum atomic E-state index is 9.88. The van der Waals surface area contributed by atoms with Gasteiger partial charge in [-0.3, -0.25) is 4.89 Å². The SMILES string of the molecule is O=C(O)C(=O)OOB(O)O. The number of carbonyl (C=O) groups excluding carboxylic acids is 1. The minimum absolute atomic E-state index is 1.73. The second kappa shape index (κ2) is 3.83. The molecule has 0 bridgehead atoms. The van der Waals surface area contributed by atoms with E-state index >= 15 is 0 Å². The van der Waals surface area contributed by atoms with Crippen molar-refractivity contribution < 1.29 is 34.4 Å².